The molecule has 0 atom stereocenters. The monoisotopic (exact) mass is 273 g/mol. The number of halogens is 3. The number of aryl methyl sites for hydroxylation is 1. The summed E-state index contributed by atoms with van der Waals surface area (Å²) < 4.78 is 36.4. The summed E-state index contributed by atoms with van der Waals surface area (Å²) >= 11 is 0. The third kappa shape index (κ3) is 3.39. The van der Waals surface area contributed by atoms with Gasteiger partial charge in [0.15, 0.2) is 5.52 Å². The van der Waals surface area contributed by atoms with Crippen LogP contribution in [0.1, 0.15) is 33.0 Å². The molecule has 0 radical (unpaired) electrons. The second-order valence-corrected chi connectivity index (χ2v) is 5.31. The number of hydrogen-bond acceptors (Lipinski definition) is 4. The van der Waals surface area contributed by atoms with Crippen molar-refractivity contribution >= 4 is 11.2 Å². The van der Waals surface area contributed by atoms with E-state index >= 15 is 0 Å². The number of alkyl halides is 3. The number of hydrogen-bond donors (Lipinski definition) is 0. The summed E-state index contributed by atoms with van der Waals surface area (Å²) in [5.74, 6) is 0.586. The maximum Gasteiger partial charge on any atom is 0.390 e. The Morgan fingerprint density at radius 3 is 2.42 bits per heavy atom. The average Bonchev–Trinajstić information content (AvgIpc) is 2.65. The van der Waals surface area contributed by atoms with E-state index in [9.17, 15) is 13.2 Å². The van der Waals surface area contributed by atoms with Gasteiger partial charge in [-0.2, -0.15) is 18.0 Å². The van der Waals surface area contributed by atoms with Crippen molar-refractivity contribution in [3.05, 3.63) is 12.0 Å². The van der Waals surface area contributed by atoms with E-state index in [-0.39, 0.29) is 12.0 Å². The van der Waals surface area contributed by atoms with E-state index in [0.29, 0.717) is 17.0 Å². The van der Waals surface area contributed by atoms with E-state index in [1.165, 1.54) is 6.20 Å². The molecule has 19 heavy (non-hydrogen) atoms. The fourth-order valence-corrected chi connectivity index (χ4v) is 1.45. The maximum atomic E-state index is 12.1. The third-order valence-electron chi connectivity index (χ3n) is 2.45. The summed E-state index contributed by atoms with van der Waals surface area (Å²) in [4.78, 5) is 9.39. The molecule has 2 heterocycles. The maximum absolute atomic E-state index is 12.1. The van der Waals surface area contributed by atoms with Crippen LogP contribution in [0.5, 0.6) is 0 Å². The second kappa shape index (κ2) is 4.43. The van der Waals surface area contributed by atoms with Crippen molar-refractivity contribution in [1.29, 1.82) is 0 Å². The van der Waals surface area contributed by atoms with E-state index in [1.54, 1.807) is 0 Å². The number of fused-ring (bicyclic) bond motifs is 1. The standard InChI is InChI=1S/C11H14F3N5/c1-10(2,3)9-15-6-7-8(16-9)18-19(17-7)5-4-11(12,13)14/h6H,4-5H2,1-3H3. The number of aromatic nitrogens is 5. The minimum atomic E-state index is -4.22. The summed E-state index contributed by atoms with van der Waals surface area (Å²) in [5.41, 5.74) is 0.474. The largest absolute Gasteiger partial charge is 0.390 e. The first-order chi connectivity index (χ1) is 8.65. The summed E-state index contributed by atoms with van der Waals surface area (Å²) in [6, 6.07) is 0. The van der Waals surface area contributed by atoms with Crippen LogP contribution in [-0.2, 0) is 12.0 Å². The molecule has 2 aromatic heterocycles. The summed E-state index contributed by atoms with van der Waals surface area (Å²) in [7, 11) is 0. The average molecular weight is 273 g/mol. The Kier molecular flexibility index (Phi) is 3.19. The molecule has 0 aliphatic carbocycles. The normalized spacial score (nSPS) is 13.2. The lowest BCUT2D eigenvalue weighted by atomic mass is 9.96. The highest BCUT2D eigenvalue weighted by Crippen LogP contribution is 2.21. The van der Waals surface area contributed by atoms with E-state index in [1.807, 2.05) is 20.8 Å². The van der Waals surface area contributed by atoms with Crippen LogP contribution in [0.25, 0.3) is 11.2 Å². The van der Waals surface area contributed by atoms with Gasteiger partial charge in [-0.15, -0.1) is 10.2 Å². The Bertz CT molecular complexity index is 582. The first kappa shape index (κ1) is 13.7. The van der Waals surface area contributed by atoms with Gasteiger partial charge < -0.3 is 0 Å². The lowest BCUT2D eigenvalue weighted by Gasteiger charge is -2.14. The first-order valence-corrected chi connectivity index (χ1v) is 5.80. The van der Waals surface area contributed by atoms with Crippen LogP contribution < -0.4 is 0 Å². The van der Waals surface area contributed by atoms with Gasteiger partial charge in [-0.1, -0.05) is 20.8 Å². The van der Waals surface area contributed by atoms with Crippen molar-refractivity contribution in [3.63, 3.8) is 0 Å². The van der Waals surface area contributed by atoms with Crippen molar-refractivity contribution in [2.24, 2.45) is 0 Å². The minimum absolute atomic E-state index is 0.246. The summed E-state index contributed by atoms with van der Waals surface area (Å²) in [6.45, 7) is 5.53. The highest BCUT2D eigenvalue weighted by molar-refractivity contribution is 5.67. The zero-order valence-corrected chi connectivity index (χ0v) is 10.9. The van der Waals surface area contributed by atoms with E-state index in [4.69, 9.17) is 0 Å². The van der Waals surface area contributed by atoms with Crippen LogP contribution in [0.4, 0.5) is 13.2 Å². The molecular formula is C11H14F3N5. The Balaban J connectivity index is 2.26. The second-order valence-electron chi connectivity index (χ2n) is 5.31. The molecule has 0 spiro atoms. The topological polar surface area (TPSA) is 56.5 Å². The van der Waals surface area contributed by atoms with Gasteiger partial charge in [0.1, 0.15) is 5.82 Å². The molecule has 2 rings (SSSR count). The predicted octanol–water partition coefficient (Wildman–Crippen LogP) is 2.47. The third-order valence-corrected chi connectivity index (χ3v) is 2.45. The summed E-state index contributed by atoms with van der Waals surface area (Å²) in [6.07, 6.45) is -3.70. The highest BCUT2D eigenvalue weighted by Gasteiger charge is 2.27. The lowest BCUT2D eigenvalue weighted by Crippen LogP contribution is -2.15. The van der Waals surface area contributed by atoms with Gasteiger partial charge in [0, 0.05) is 5.41 Å². The number of rotatable bonds is 2. The quantitative estimate of drug-likeness (QED) is 0.843. The van der Waals surface area contributed by atoms with E-state index in [0.717, 1.165) is 4.80 Å². The Labute approximate surface area is 107 Å². The first-order valence-electron chi connectivity index (χ1n) is 5.80. The zero-order valence-electron chi connectivity index (χ0n) is 10.9. The van der Waals surface area contributed by atoms with Gasteiger partial charge in [-0.05, 0) is 0 Å². The molecule has 0 bridgehead atoms. The molecule has 0 fully saturated rings. The van der Waals surface area contributed by atoms with Crippen LogP contribution in [0.3, 0.4) is 0 Å². The smallest absolute Gasteiger partial charge is 0.238 e. The van der Waals surface area contributed by atoms with Crippen molar-refractivity contribution in [2.75, 3.05) is 0 Å². The van der Waals surface area contributed by atoms with Crippen LogP contribution in [0.15, 0.2) is 6.20 Å². The predicted molar refractivity (Wildman–Crippen MR) is 62.5 cm³/mol. The van der Waals surface area contributed by atoms with Crippen molar-refractivity contribution in [3.8, 4) is 0 Å². The fraction of sp³-hybridized carbons (Fsp3) is 0.636. The van der Waals surface area contributed by atoms with Crippen LogP contribution in [0, 0.1) is 0 Å². The van der Waals surface area contributed by atoms with Crippen molar-refractivity contribution in [1.82, 2.24) is 25.0 Å². The van der Waals surface area contributed by atoms with Gasteiger partial charge in [0.2, 0.25) is 5.65 Å². The minimum Gasteiger partial charge on any atom is -0.238 e. The molecule has 0 N–H and O–H groups in total. The highest BCUT2D eigenvalue weighted by atomic mass is 19.4. The molecule has 5 nitrogen and oxygen atoms in total. The molecule has 0 aromatic carbocycles. The van der Waals surface area contributed by atoms with Gasteiger partial charge >= 0.3 is 6.18 Å². The van der Waals surface area contributed by atoms with Crippen LogP contribution in [0.2, 0.25) is 0 Å². The fourth-order valence-electron chi connectivity index (χ4n) is 1.45. The molecule has 2 aromatic rings. The molecule has 0 amide bonds. The molecule has 0 saturated carbocycles. The van der Waals surface area contributed by atoms with Gasteiger partial charge in [0.05, 0.1) is 19.2 Å². The molecule has 104 valence electrons. The van der Waals surface area contributed by atoms with E-state index < -0.39 is 12.6 Å². The van der Waals surface area contributed by atoms with Crippen molar-refractivity contribution < 1.29 is 13.2 Å². The van der Waals surface area contributed by atoms with Gasteiger partial charge in [-0.25, -0.2) is 9.97 Å². The van der Waals surface area contributed by atoms with Gasteiger partial charge in [-0.3, -0.25) is 0 Å². The molecule has 0 aliphatic heterocycles. The Morgan fingerprint density at radius 1 is 1.16 bits per heavy atom. The van der Waals surface area contributed by atoms with Crippen LogP contribution >= 0.6 is 0 Å². The molecule has 0 saturated heterocycles. The van der Waals surface area contributed by atoms with Gasteiger partial charge in [0.25, 0.3) is 0 Å². The molecule has 8 heteroatoms. The molecule has 0 unspecified atom stereocenters. The SMILES string of the molecule is CC(C)(C)c1ncc2nn(CCC(F)(F)F)nc2n1. The molecular weight excluding hydrogens is 259 g/mol. The van der Waals surface area contributed by atoms with E-state index in [2.05, 4.69) is 20.2 Å². The lowest BCUT2D eigenvalue weighted by molar-refractivity contribution is -0.137. The summed E-state index contributed by atoms with van der Waals surface area (Å²) in [5, 5.41) is 7.86. The zero-order chi connectivity index (χ0) is 14.3. The van der Waals surface area contributed by atoms with Crippen molar-refractivity contribution in [2.45, 2.75) is 45.3 Å². The molecule has 0 aliphatic rings. The van der Waals surface area contributed by atoms with Crippen LogP contribution in [-0.4, -0.2) is 31.1 Å². The Hall–Kier alpha value is -1.73. The number of nitrogens with zero attached hydrogens (tertiary/aromatic N) is 5. The Morgan fingerprint density at radius 2 is 1.84 bits per heavy atom.